The van der Waals surface area contributed by atoms with Crippen LogP contribution in [-0.4, -0.2) is 39.5 Å². The van der Waals surface area contributed by atoms with Crippen LogP contribution in [0.3, 0.4) is 0 Å². The Labute approximate surface area is 116 Å². The number of aromatic amines is 1. The van der Waals surface area contributed by atoms with Gasteiger partial charge in [0.2, 0.25) is 0 Å². The van der Waals surface area contributed by atoms with Gasteiger partial charge in [-0.25, -0.2) is 0 Å². The van der Waals surface area contributed by atoms with Crippen LogP contribution in [0.4, 0.5) is 0 Å². The second kappa shape index (κ2) is 5.90. The van der Waals surface area contributed by atoms with Crippen LogP contribution < -0.4 is 5.43 Å². The summed E-state index contributed by atoms with van der Waals surface area (Å²) in [4.78, 5) is 39.6. The van der Waals surface area contributed by atoms with Crippen LogP contribution >= 0.6 is 0 Å². The van der Waals surface area contributed by atoms with Gasteiger partial charge in [0.05, 0.1) is 6.42 Å². The minimum absolute atomic E-state index is 0.0739. The summed E-state index contributed by atoms with van der Waals surface area (Å²) in [6.07, 6.45) is 3.75. The fourth-order valence-electron chi connectivity index (χ4n) is 2.58. The highest BCUT2D eigenvalue weighted by Crippen LogP contribution is 2.21. The number of hydrogen-bond acceptors (Lipinski definition) is 3. The predicted molar refractivity (Wildman–Crippen MR) is 72.7 cm³/mol. The minimum Gasteiger partial charge on any atom is -0.481 e. The normalized spacial score (nSPS) is 18.9. The lowest BCUT2D eigenvalue weighted by molar-refractivity contribution is -0.138. The van der Waals surface area contributed by atoms with Gasteiger partial charge in [-0.05, 0) is 26.2 Å². The quantitative estimate of drug-likeness (QED) is 0.867. The second-order valence-corrected chi connectivity index (χ2v) is 5.14. The maximum Gasteiger partial charge on any atom is 0.305 e. The Morgan fingerprint density at radius 3 is 2.85 bits per heavy atom. The zero-order valence-electron chi connectivity index (χ0n) is 11.4. The lowest BCUT2D eigenvalue weighted by Crippen LogP contribution is -2.46. The zero-order chi connectivity index (χ0) is 14.7. The molecule has 1 aromatic heterocycles. The molecule has 1 aliphatic heterocycles. The van der Waals surface area contributed by atoms with E-state index in [4.69, 9.17) is 5.11 Å². The SMILES string of the molecule is Cc1cc(=O)c(C(=O)N2CCCCC2CC(=O)O)c[nH]1. The highest BCUT2D eigenvalue weighted by molar-refractivity contribution is 5.94. The van der Waals surface area contributed by atoms with Gasteiger partial charge in [0.15, 0.2) is 5.43 Å². The molecule has 1 amide bonds. The number of aromatic nitrogens is 1. The maximum absolute atomic E-state index is 12.4. The number of H-pyrrole nitrogens is 1. The third kappa shape index (κ3) is 3.07. The molecule has 1 fully saturated rings. The summed E-state index contributed by atoms with van der Waals surface area (Å²) in [6.45, 7) is 2.24. The number of pyridine rings is 1. The van der Waals surface area contributed by atoms with Crippen molar-refractivity contribution in [2.75, 3.05) is 6.54 Å². The first-order valence-corrected chi connectivity index (χ1v) is 6.71. The molecule has 1 aliphatic rings. The highest BCUT2D eigenvalue weighted by Gasteiger charge is 2.30. The number of nitrogens with zero attached hydrogens (tertiary/aromatic N) is 1. The van der Waals surface area contributed by atoms with Gasteiger partial charge in [0, 0.05) is 30.5 Å². The van der Waals surface area contributed by atoms with Gasteiger partial charge in [-0.2, -0.15) is 0 Å². The average molecular weight is 278 g/mol. The smallest absolute Gasteiger partial charge is 0.305 e. The molecule has 2 heterocycles. The molecule has 20 heavy (non-hydrogen) atoms. The number of carboxylic acids is 1. The Kier molecular flexibility index (Phi) is 4.22. The van der Waals surface area contributed by atoms with Crippen molar-refractivity contribution in [1.82, 2.24) is 9.88 Å². The van der Waals surface area contributed by atoms with Crippen molar-refractivity contribution < 1.29 is 14.7 Å². The molecule has 0 bridgehead atoms. The van der Waals surface area contributed by atoms with Gasteiger partial charge in [-0.15, -0.1) is 0 Å². The van der Waals surface area contributed by atoms with Gasteiger partial charge in [0.25, 0.3) is 5.91 Å². The van der Waals surface area contributed by atoms with Crippen molar-refractivity contribution in [3.8, 4) is 0 Å². The van der Waals surface area contributed by atoms with Crippen LogP contribution in [0.2, 0.25) is 0 Å². The van der Waals surface area contributed by atoms with Gasteiger partial charge in [-0.1, -0.05) is 0 Å². The first kappa shape index (κ1) is 14.3. The molecule has 0 aliphatic carbocycles. The summed E-state index contributed by atoms with van der Waals surface area (Å²) in [5, 5.41) is 8.92. The van der Waals surface area contributed by atoms with Crippen molar-refractivity contribution in [1.29, 1.82) is 0 Å². The fourth-order valence-corrected chi connectivity index (χ4v) is 2.58. The second-order valence-electron chi connectivity index (χ2n) is 5.14. The Hall–Kier alpha value is -2.11. The Balaban J connectivity index is 2.25. The molecule has 1 aromatic rings. The van der Waals surface area contributed by atoms with E-state index in [0.29, 0.717) is 18.7 Å². The third-order valence-electron chi connectivity index (χ3n) is 3.59. The number of carboxylic acid groups (broad SMARTS) is 1. The van der Waals surface area contributed by atoms with Crippen LogP contribution in [0, 0.1) is 6.92 Å². The molecule has 0 spiro atoms. The van der Waals surface area contributed by atoms with Crippen molar-refractivity contribution in [2.24, 2.45) is 0 Å². The van der Waals surface area contributed by atoms with Crippen molar-refractivity contribution >= 4 is 11.9 Å². The molecule has 6 nitrogen and oxygen atoms in total. The fraction of sp³-hybridized carbons (Fsp3) is 0.500. The van der Waals surface area contributed by atoms with Crippen LogP contribution in [-0.2, 0) is 4.79 Å². The number of nitrogens with one attached hydrogen (secondary N) is 1. The van der Waals surface area contributed by atoms with Gasteiger partial charge >= 0.3 is 5.97 Å². The van der Waals surface area contributed by atoms with Crippen LogP contribution in [0.1, 0.15) is 41.7 Å². The minimum atomic E-state index is -0.924. The monoisotopic (exact) mass is 278 g/mol. The van der Waals surface area contributed by atoms with E-state index in [-0.39, 0.29) is 29.4 Å². The van der Waals surface area contributed by atoms with Gasteiger partial charge in [-0.3, -0.25) is 14.4 Å². The van der Waals surface area contributed by atoms with Crippen molar-refractivity contribution in [3.63, 3.8) is 0 Å². The van der Waals surface area contributed by atoms with E-state index in [2.05, 4.69) is 4.98 Å². The molecule has 2 N–H and O–H groups in total. The topological polar surface area (TPSA) is 90.5 Å². The van der Waals surface area contributed by atoms with Crippen molar-refractivity contribution in [2.45, 2.75) is 38.6 Å². The molecule has 2 rings (SSSR count). The Bertz CT molecular complexity index is 579. The molecule has 1 atom stereocenters. The third-order valence-corrected chi connectivity index (χ3v) is 3.59. The standard InChI is InChI=1S/C14H18N2O4/c1-9-6-12(17)11(8-15-9)14(20)16-5-3-2-4-10(16)7-13(18)19/h6,8,10H,2-5,7H2,1H3,(H,15,17)(H,18,19). The Morgan fingerprint density at radius 2 is 2.20 bits per heavy atom. The molecular weight excluding hydrogens is 260 g/mol. The number of piperidine rings is 1. The number of rotatable bonds is 3. The number of carbonyl (C=O) groups excluding carboxylic acids is 1. The summed E-state index contributed by atoms with van der Waals surface area (Å²) in [6, 6.07) is 1.05. The van der Waals surface area contributed by atoms with E-state index < -0.39 is 5.97 Å². The molecule has 108 valence electrons. The van der Waals surface area contributed by atoms with Crippen molar-refractivity contribution in [3.05, 3.63) is 33.7 Å². The predicted octanol–water partition coefficient (Wildman–Crippen LogP) is 1.15. The summed E-state index contributed by atoms with van der Waals surface area (Å²) in [5.74, 6) is -1.30. The van der Waals surface area contributed by atoms with Gasteiger partial charge < -0.3 is 15.0 Å². The molecule has 1 unspecified atom stereocenters. The number of carbonyl (C=O) groups is 2. The van der Waals surface area contributed by atoms with E-state index >= 15 is 0 Å². The van der Waals surface area contributed by atoms with E-state index in [1.54, 1.807) is 6.92 Å². The largest absolute Gasteiger partial charge is 0.481 e. The van der Waals surface area contributed by atoms with E-state index in [9.17, 15) is 14.4 Å². The van der Waals surface area contributed by atoms with E-state index in [0.717, 1.165) is 12.8 Å². The number of aliphatic carboxylic acids is 1. The lowest BCUT2D eigenvalue weighted by atomic mass is 9.98. The highest BCUT2D eigenvalue weighted by atomic mass is 16.4. The average Bonchev–Trinajstić information content (AvgIpc) is 2.38. The number of aryl methyl sites for hydroxylation is 1. The number of amides is 1. The molecular formula is C14H18N2O4. The zero-order valence-corrected chi connectivity index (χ0v) is 11.4. The molecule has 0 radical (unpaired) electrons. The first-order chi connectivity index (χ1) is 9.49. The molecule has 0 aromatic carbocycles. The van der Waals surface area contributed by atoms with Crippen LogP contribution in [0.15, 0.2) is 17.1 Å². The first-order valence-electron chi connectivity index (χ1n) is 6.71. The molecule has 0 saturated carbocycles. The summed E-state index contributed by atoms with van der Waals surface area (Å²) in [7, 11) is 0. The summed E-state index contributed by atoms with van der Waals surface area (Å²) in [5.41, 5.74) is 0.436. The Morgan fingerprint density at radius 1 is 1.45 bits per heavy atom. The van der Waals surface area contributed by atoms with Crippen LogP contribution in [0.5, 0.6) is 0 Å². The molecule has 6 heteroatoms. The number of hydrogen-bond donors (Lipinski definition) is 2. The lowest BCUT2D eigenvalue weighted by Gasteiger charge is -2.34. The maximum atomic E-state index is 12.4. The van der Waals surface area contributed by atoms with E-state index in [1.165, 1.54) is 17.2 Å². The molecule has 1 saturated heterocycles. The van der Waals surface area contributed by atoms with Crippen LogP contribution in [0.25, 0.3) is 0 Å². The summed E-state index contributed by atoms with van der Waals surface area (Å²) >= 11 is 0. The van der Waals surface area contributed by atoms with E-state index in [1.807, 2.05) is 0 Å². The van der Waals surface area contributed by atoms with Gasteiger partial charge in [0.1, 0.15) is 5.56 Å². The summed E-state index contributed by atoms with van der Waals surface area (Å²) < 4.78 is 0. The number of likely N-dealkylation sites (tertiary alicyclic amines) is 1.